The number of hydrogen-bond donors (Lipinski definition) is 2. The minimum Gasteiger partial charge on any atom is -0.357 e. The second-order valence-corrected chi connectivity index (χ2v) is 6.84. The van der Waals surface area contributed by atoms with E-state index in [4.69, 9.17) is 4.99 Å². The van der Waals surface area contributed by atoms with Crippen LogP contribution in [0.15, 0.2) is 59.9 Å². The van der Waals surface area contributed by atoms with Gasteiger partial charge in [-0.05, 0) is 50.9 Å². The van der Waals surface area contributed by atoms with E-state index in [9.17, 15) is 0 Å². The van der Waals surface area contributed by atoms with Crippen LogP contribution in [-0.2, 0) is 13.0 Å². The predicted octanol–water partition coefficient (Wildman–Crippen LogP) is 3.71. The van der Waals surface area contributed by atoms with Crippen molar-refractivity contribution in [2.75, 3.05) is 26.7 Å². The van der Waals surface area contributed by atoms with Gasteiger partial charge in [0, 0.05) is 44.6 Å². The predicted molar refractivity (Wildman–Crippen MR) is 129 cm³/mol. The maximum Gasteiger partial charge on any atom is 0.191 e. The molecule has 0 amide bonds. The number of hydrogen-bond acceptors (Lipinski definition) is 3. The molecule has 0 aliphatic carbocycles. The van der Waals surface area contributed by atoms with Gasteiger partial charge in [-0.25, -0.2) is 0 Å². The molecule has 0 radical (unpaired) electrons. The van der Waals surface area contributed by atoms with E-state index >= 15 is 0 Å². The summed E-state index contributed by atoms with van der Waals surface area (Å²) in [4.78, 5) is 11.3. The zero-order valence-electron chi connectivity index (χ0n) is 17.3. The molecule has 0 saturated heterocycles. The fraction of sp³-hybridized carbons (Fsp3) is 0.455. The molecule has 0 fully saturated rings. The Labute approximate surface area is 187 Å². The van der Waals surface area contributed by atoms with Crippen molar-refractivity contribution in [3.63, 3.8) is 0 Å². The molecule has 1 aromatic heterocycles. The molecule has 2 rings (SSSR count). The highest BCUT2D eigenvalue weighted by Gasteiger charge is 2.09. The van der Waals surface area contributed by atoms with Gasteiger partial charge in [-0.2, -0.15) is 0 Å². The van der Waals surface area contributed by atoms with Crippen molar-refractivity contribution >= 4 is 29.9 Å². The van der Waals surface area contributed by atoms with E-state index < -0.39 is 0 Å². The fourth-order valence-electron chi connectivity index (χ4n) is 2.82. The lowest BCUT2D eigenvalue weighted by atomic mass is 10.1. The number of benzene rings is 1. The van der Waals surface area contributed by atoms with E-state index in [2.05, 4.69) is 77.8 Å². The van der Waals surface area contributed by atoms with Crippen molar-refractivity contribution in [3.05, 3.63) is 66.0 Å². The molecule has 0 spiro atoms. The van der Waals surface area contributed by atoms with Gasteiger partial charge in [0.1, 0.15) is 0 Å². The SMILES string of the molecule is CCNC(=NCCC(C)N(C)Cc1ccccc1)NCCc1cccnc1.I. The molecule has 28 heavy (non-hydrogen) atoms. The number of nitrogens with zero attached hydrogens (tertiary/aromatic N) is 3. The molecular weight excluding hydrogens is 461 g/mol. The number of pyridine rings is 1. The first-order chi connectivity index (χ1) is 13.2. The van der Waals surface area contributed by atoms with E-state index in [1.54, 1.807) is 6.20 Å². The Morgan fingerprint density at radius 1 is 1.11 bits per heavy atom. The topological polar surface area (TPSA) is 52.6 Å². The molecule has 1 atom stereocenters. The smallest absolute Gasteiger partial charge is 0.191 e. The van der Waals surface area contributed by atoms with Crippen LogP contribution < -0.4 is 10.6 Å². The summed E-state index contributed by atoms with van der Waals surface area (Å²) < 4.78 is 0. The number of aliphatic imine (C=N–C) groups is 1. The van der Waals surface area contributed by atoms with Gasteiger partial charge in [0.25, 0.3) is 0 Å². The molecule has 1 heterocycles. The number of aromatic nitrogens is 1. The van der Waals surface area contributed by atoms with Crippen molar-refractivity contribution in [1.29, 1.82) is 0 Å². The molecule has 6 heteroatoms. The number of halogens is 1. The Morgan fingerprint density at radius 3 is 2.54 bits per heavy atom. The normalized spacial score (nSPS) is 12.4. The molecule has 1 unspecified atom stereocenters. The van der Waals surface area contributed by atoms with Gasteiger partial charge in [0.05, 0.1) is 0 Å². The summed E-state index contributed by atoms with van der Waals surface area (Å²) in [5, 5.41) is 6.73. The molecule has 2 aromatic rings. The molecule has 2 N–H and O–H groups in total. The van der Waals surface area contributed by atoms with Crippen molar-refractivity contribution in [2.24, 2.45) is 4.99 Å². The van der Waals surface area contributed by atoms with Gasteiger partial charge in [0.2, 0.25) is 0 Å². The Bertz CT molecular complexity index is 663. The average molecular weight is 495 g/mol. The number of guanidine groups is 1. The molecular formula is C22H34IN5. The largest absolute Gasteiger partial charge is 0.357 e. The average Bonchev–Trinajstić information content (AvgIpc) is 2.69. The van der Waals surface area contributed by atoms with Gasteiger partial charge in [-0.15, -0.1) is 24.0 Å². The first-order valence-electron chi connectivity index (χ1n) is 9.84. The van der Waals surface area contributed by atoms with Crippen LogP contribution in [0.25, 0.3) is 0 Å². The lowest BCUT2D eigenvalue weighted by molar-refractivity contribution is 0.240. The van der Waals surface area contributed by atoms with Crippen molar-refractivity contribution in [2.45, 2.75) is 39.3 Å². The zero-order chi connectivity index (χ0) is 19.3. The van der Waals surface area contributed by atoms with Crippen LogP contribution in [0.1, 0.15) is 31.4 Å². The Morgan fingerprint density at radius 2 is 1.86 bits per heavy atom. The maximum absolute atomic E-state index is 4.73. The van der Waals surface area contributed by atoms with Crippen LogP contribution >= 0.6 is 24.0 Å². The summed E-state index contributed by atoms with van der Waals surface area (Å²) >= 11 is 0. The van der Waals surface area contributed by atoms with Crippen LogP contribution in [-0.4, -0.2) is 48.6 Å². The Kier molecular flexibility index (Phi) is 12.5. The van der Waals surface area contributed by atoms with E-state index in [0.717, 1.165) is 45.0 Å². The van der Waals surface area contributed by atoms with E-state index in [1.807, 2.05) is 12.3 Å². The zero-order valence-corrected chi connectivity index (χ0v) is 19.6. The highest BCUT2D eigenvalue weighted by molar-refractivity contribution is 14.0. The highest BCUT2D eigenvalue weighted by atomic mass is 127. The van der Waals surface area contributed by atoms with Gasteiger partial charge < -0.3 is 10.6 Å². The molecule has 154 valence electrons. The molecule has 1 aromatic carbocycles. The second kappa shape index (κ2) is 14.3. The first kappa shape index (κ1) is 24.4. The first-order valence-corrected chi connectivity index (χ1v) is 9.84. The van der Waals surface area contributed by atoms with Crippen LogP contribution in [0.4, 0.5) is 0 Å². The van der Waals surface area contributed by atoms with Gasteiger partial charge in [0.15, 0.2) is 5.96 Å². The van der Waals surface area contributed by atoms with Crippen molar-refractivity contribution < 1.29 is 0 Å². The molecule has 0 aliphatic rings. The van der Waals surface area contributed by atoms with Crippen LogP contribution in [0, 0.1) is 0 Å². The lowest BCUT2D eigenvalue weighted by Crippen LogP contribution is -2.38. The van der Waals surface area contributed by atoms with Crippen molar-refractivity contribution in [3.8, 4) is 0 Å². The number of nitrogens with one attached hydrogen (secondary N) is 2. The lowest BCUT2D eigenvalue weighted by Gasteiger charge is -2.24. The third kappa shape index (κ3) is 9.50. The second-order valence-electron chi connectivity index (χ2n) is 6.84. The molecule has 0 aliphatic heterocycles. The molecule has 0 bridgehead atoms. The van der Waals surface area contributed by atoms with E-state index in [0.29, 0.717) is 6.04 Å². The summed E-state index contributed by atoms with van der Waals surface area (Å²) in [5.41, 5.74) is 2.58. The third-order valence-electron chi connectivity index (χ3n) is 4.62. The monoisotopic (exact) mass is 495 g/mol. The van der Waals surface area contributed by atoms with Crippen LogP contribution in [0.2, 0.25) is 0 Å². The summed E-state index contributed by atoms with van der Waals surface area (Å²) in [5.74, 6) is 0.888. The van der Waals surface area contributed by atoms with Gasteiger partial charge in [-0.1, -0.05) is 36.4 Å². The van der Waals surface area contributed by atoms with Gasteiger partial charge in [-0.3, -0.25) is 14.9 Å². The molecule has 5 nitrogen and oxygen atoms in total. The fourth-order valence-corrected chi connectivity index (χ4v) is 2.82. The third-order valence-corrected chi connectivity index (χ3v) is 4.62. The maximum atomic E-state index is 4.73. The van der Waals surface area contributed by atoms with Crippen LogP contribution in [0.3, 0.4) is 0 Å². The van der Waals surface area contributed by atoms with E-state index in [1.165, 1.54) is 11.1 Å². The minimum atomic E-state index is 0. The summed E-state index contributed by atoms with van der Waals surface area (Å²) in [6.45, 7) is 7.84. The highest BCUT2D eigenvalue weighted by Crippen LogP contribution is 2.08. The van der Waals surface area contributed by atoms with E-state index in [-0.39, 0.29) is 24.0 Å². The Hall–Kier alpha value is -1.67. The number of rotatable bonds is 10. The van der Waals surface area contributed by atoms with Gasteiger partial charge >= 0.3 is 0 Å². The molecule has 0 saturated carbocycles. The quantitative estimate of drug-likeness (QED) is 0.300. The summed E-state index contributed by atoms with van der Waals surface area (Å²) in [6, 6.07) is 15.2. The minimum absolute atomic E-state index is 0. The Balaban J connectivity index is 0.00000392. The summed E-state index contributed by atoms with van der Waals surface area (Å²) in [6.07, 6.45) is 5.69. The van der Waals surface area contributed by atoms with Crippen LogP contribution in [0.5, 0.6) is 0 Å². The van der Waals surface area contributed by atoms with Crippen molar-refractivity contribution in [1.82, 2.24) is 20.5 Å². The standard InChI is InChI=1S/C22H33N5.HI/c1-4-24-22(26-16-13-20-11-8-14-23-17-20)25-15-12-19(2)27(3)18-21-9-6-5-7-10-21;/h5-11,14,17,19H,4,12-13,15-16,18H2,1-3H3,(H2,24,25,26);1H. The summed E-state index contributed by atoms with van der Waals surface area (Å²) in [7, 11) is 2.18.